The SMILES string of the molecule is COc1cc(OC)nc(SC(C=NNC(=O)c2ccc(C(C)(C)C)cc2)C(C)(C)C)n1. The summed E-state index contributed by atoms with van der Waals surface area (Å²) in [6.45, 7) is 12.7. The van der Waals surface area contributed by atoms with Crippen LogP contribution in [0.25, 0.3) is 0 Å². The predicted molar refractivity (Wildman–Crippen MR) is 125 cm³/mol. The molecule has 0 aliphatic carbocycles. The van der Waals surface area contributed by atoms with Crippen LogP contribution in [0.3, 0.4) is 0 Å². The fourth-order valence-corrected chi connectivity index (χ4v) is 3.53. The first-order chi connectivity index (χ1) is 14.4. The van der Waals surface area contributed by atoms with Crippen molar-refractivity contribution in [3.8, 4) is 11.8 Å². The Morgan fingerprint density at radius 3 is 2.03 bits per heavy atom. The highest BCUT2D eigenvalue weighted by atomic mass is 32.2. The highest BCUT2D eigenvalue weighted by Gasteiger charge is 2.26. The van der Waals surface area contributed by atoms with Gasteiger partial charge >= 0.3 is 0 Å². The van der Waals surface area contributed by atoms with Gasteiger partial charge in [-0.05, 0) is 28.5 Å². The van der Waals surface area contributed by atoms with Gasteiger partial charge in [-0.2, -0.15) is 15.1 Å². The molecule has 2 rings (SSSR count). The number of hydrazone groups is 1. The molecule has 1 unspecified atom stereocenters. The Labute approximate surface area is 189 Å². The summed E-state index contributed by atoms with van der Waals surface area (Å²) in [7, 11) is 3.09. The van der Waals surface area contributed by atoms with Crippen molar-refractivity contribution in [2.75, 3.05) is 14.2 Å². The van der Waals surface area contributed by atoms with Gasteiger partial charge in [-0.3, -0.25) is 4.79 Å². The standard InChI is InChI=1S/C23H32N4O3S/c1-22(2,3)16-11-9-15(10-12-16)20(28)27-24-14-17(23(4,5)6)31-21-25-18(29-7)13-19(26-21)30-8/h9-14,17H,1-8H3,(H,27,28). The minimum atomic E-state index is -0.256. The van der Waals surface area contributed by atoms with Crippen LogP contribution in [0.15, 0.2) is 40.6 Å². The van der Waals surface area contributed by atoms with Gasteiger partial charge in [0.1, 0.15) is 0 Å². The minimum absolute atomic E-state index is 0.0369. The van der Waals surface area contributed by atoms with Gasteiger partial charge in [0.05, 0.1) is 25.5 Å². The van der Waals surface area contributed by atoms with E-state index >= 15 is 0 Å². The second kappa shape index (κ2) is 10.1. The summed E-state index contributed by atoms with van der Waals surface area (Å²) in [6.07, 6.45) is 1.71. The van der Waals surface area contributed by atoms with E-state index in [9.17, 15) is 4.79 Å². The van der Waals surface area contributed by atoms with Gasteiger partial charge in [-0.1, -0.05) is 65.4 Å². The first-order valence-electron chi connectivity index (χ1n) is 10.0. The summed E-state index contributed by atoms with van der Waals surface area (Å²) in [4.78, 5) is 21.2. The second-order valence-corrected chi connectivity index (χ2v) is 10.3. The number of methoxy groups -OCH3 is 2. The van der Waals surface area contributed by atoms with Gasteiger partial charge in [-0.15, -0.1) is 0 Å². The van der Waals surface area contributed by atoms with Crippen molar-refractivity contribution in [3.63, 3.8) is 0 Å². The van der Waals surface area contributed by atoms with E-state index in [0.29, 0.717) is 22.5 Å². The monoisotopic (exact) mass is 444 g/mol. The lowest BCUT2D eigenvalue weighted by Gasteiger charge is -2.26. The van der Waals surface area contributed by atoms with E-state index < -0.39 is 0 Å². The van der Waals surface area contributed by atoms with E-state index in [-0.39, 0.29) is 22.0 Å². The van der Waals surface area contributed by atoms with Crippen LogP contribution in [0.1, 0.15) is 57.5 Å². The van der Waals surface area contributed by atoms with Crippen LogP contribution in [0.2, 0.25) is 0 Å². The molecular formula is C23H32N4O3S. The summed E-state index contributed by atoms with van der Waals surface area (Å²) in [5.41, 5.74) is 4.23. The number of thioether (sulfide) groups is 1. The summed E-state index contributed by atoms with van der Waals surface area (Å²) >= 11 is 1.42. The van der Waals surface area contributed by atoms with Gasteiger partial charge in [-0.25, -0.2) is 5.43 Å². The molecule has 1 atom stereocenters. The van der Waals surface area contributed by atoms with Crippen molar-refractivity contribution in [2.24, 2.45) is 10.5 Å². The number of hydrogen-bond donors (Lipinski definition) is 1. The number of hydrogen-bond acceptors (Lipinski definition) is 7. The first-order valence-corrected chi connectivity index (χ1v) is 10.9. The van der Waals surface area contributed by atoms with Crippen molar-refractivity contribution in [3.05, 3.63) is 41.5 Å². The van der Waals surface area contributed by atoms with Crippen molar-refractivity contribution in [2.45, 2.75) is 57.4 Å². The maximum atomic E-state index is 12.5. The fourth-order valence-electron chi connectivity index (χ4n) is 2.54. The number of carbonyl (C=O) groups is 1. The highest BCUT2D eigenvalue weighted by Crippen LogP contribution is 2.34. The molecule has 0 fully saturated rings. The Hall–Kier alpha value is -2.61. The Bertz CT molecular complexity index is 894. The largest absolute Gasteiger partial charge is 0.481 e. The normalized spacial score (nSPS) is 13.2. The number of ether oxygens (including phenoxy) is 2. The topological polar surface area (TPSA) is 85.7 Å². The van der Waals surface area contributed by atoms with E-state index in [0.717, 1.165) is 0 Å². The molecule has 0 saturated carbocycles. The Kier molecular flexibility index (Phi) is 8.06. The molecule has 168 valence electrons. The van der Waals surface area contributed by atoms with Crippen molar-refractivity contribution >= 4 is 23.9 Å². The Morgan fingerprint density at radius 1 is 1.03 bits per heavy atom. The molecular weight excluding hydrogens is 412 g/mol. The average Bonchev–Trinajstić information content (AvgIpc) is 2.71. The van der Waals surface area contributed by atoms with Gasteiger partial charge in [0.2, 0.25) is 11.8 Å². The number of amides is 1. The minimum Gasteiger partial charge on any atom is -0.481 e. The Morgan fingerprint density at radius 2 is 1.58 bits per heavy atom. The first kappa shape index (κ1) is 24.7. The molecule has 0 saturated heterocycles. The number of nitrogens with one attached hydrogen (secondary N) is 1. The van der Waals surface area contributed by atoms with Crippen LogP contribution in [0, 0.1) is 5.41 Å². The van der Waals surface area contributed by atoms with Gasteiger partial charge in [0.15, 0.2) is 5.16 Å². The highest BCUT2D eigenvalue weighted by molar-refractivity contribution is 8.00. The van der Waals surface area contributed by atoms with Gasteiger partial charge in [0.25, 0.3) is 5.91 Å². The maximum absolute atomic E-state index is 12.5. The molecule has 1 aromatic heterocycles. The van der Waals surface area contributed by atoms with Crippen LogP contribution < -0.4 is 14.9 Å². The molecule has 1 N–H and O–H groups in total. The maximum Gasteiger partial charge on any atom is 0.271 e. The average molecular weight is 445 g/mol. The van der Waals surface area contributed by atoms with Crippen molar-refractivity contribution in [1.82, 2.24) is 15.4 Å². The quantitative estimate of drug-likeness (QED) is 0.288. The van der Waals surface area contributed by atoms with Gasteiger partial charge < -0.3 is 9.47 Å². The zero-order valence-corrected chi connectivity index (χ0v) is 20.3. The number of benzene rings is 1. The summed E-state index contributed by atoms with van der Waals surface area (Å²) < 4.78 is 10.4. The molecule has 31 heavy (non-hydrogen) atoms. The van der Waals surface area contributed by atoms with Crippen LogP contribution in [-0.4, -0.2) is 41.6 Å². The molecule has 0 radical (unpaired) electrons. The molecule has 1 aromatic carbocycles. The van der Waals surface area contributed by atoms with E-state index in [1.807, 2.05) is 24.3 Å². The summed E-state index contributed by atoms with van der Waals surface area (Å²) in [5.74, 6) is 0.588. The lowest BCUT2D eigenvalue weighted by molar-refractivity contribution is 0.0955. The summed E-state index contributed by atoms with van der Waals surface area (Å²) in [5, 5.41) is 4.61. The summed E-state index contributed by atoms with van der Waals surface area (Å²) in [6, 6.07) is 9.20. The lowest BCUT2D eigenvalue weighted by atomic mass is 9.87. The van der Waals surface area contributed by atoms with Gasteiger partial charge in [0, 0.05) is 11.8 Å². The molecule has 2 aromatic rings. The number of aromatic nitrogens is 2. The molecule has 1 heterocycles. The van der Waals surface area contributed by atoms with E-state index in [1.165, 1.54) is 17.3 Å². The molecule has 8 heteroatoms. The zero-order valence-electron chi connectivity index (χ0n) is 19.5. The van der Waals surface area contributed by atoms with Crippen molar-refractivity contribution in [1.29, 1.82) is 0 Å². The number of rotatable bonds is 7. The van der Waals surface area contributed by atoms with Crippen molar-refractivity contribution < 1.29 is 14.3 Å². The van der Waals surface area contributed by atoms with Crippen LogP contribution >= 0.6 is 11.8 Å². The molecule has 0 spiro atoms. The lowest BCUT2D eigenvalue weighted by Crippen LogP contribution is -2.27. The predicted octanol–water partition coefficient (Wildman–Crippen LogP) is 4.71. The molecule has 0 aliphatic rings. The third kappa shape index (κ3) is 7.24. The molecule has 0 bridgehead atoms. The zero-order chi connectivity index (χ0) is 23.2. The molecule has 0 aliphatic heterocycles. The van der Waals surface area contributed by atoms with E-state index in [4.69, 9.17) is 9.47 Å². The molecule has 1 amide bonds. The molecule has 7 nitrogen and oxygen atoms in total. The third-order valence-corrected chi connectivity index (χ3v) is 6.03. The van der Waals surface area contributed by atoms with E-state index in [1.54, 1.807) is 26.5 Å². The Balaban J connectivity index is 2.12. The van der Waals surface area contributed by atoms with Crippen LogP contribution in [0.5, 0.6) is 11.8 Å². The third-order valence-electron chi connectivity index (χ3n) is 4.55. The second-order valence-electron chi connectivity index (χ2n) is 9.19. The van der Waals surface area contributed by atoms with E-state index in [2.05, 4.69) is 62.0 Å². The van der Waals surface area contributed by atoms with Crippen LogP contribution in [-0.2, 0) is 5.41 Å². The number of nitrogens with zero attached hydrogens (tertiary/aromatic N) is 3. The smallest absolute Gasteiger partial charge is 0.271 e. The van der Waals surface area contributed by atoms with Crippen LogP contribution in [0.4, 0.5) is 0 Å². The fraction of sp³-hybridized carbons (Fsp3) is 0.478. The number of carbonyl (C=O) groups excluding carboxylic acids is 1.